The third-order valence-corrected chi connectivity index (χ3v) is 5.58. The van der Waals surface area contributed by atoms with Crippen LogP contribution in [-0.2, 0) is 10.0 Å². The summed E-state index contributed by atoms with van der Waals surface area (Å²) in [5.41, 5.74) is 0.710. The van der Waals surface area contributed by atoms with Gasteiger partial charge >= 0.3 is 0 Å². The average molecular weight is 407 g/mol. The van der Waals surface area contributed by atoms with E-state index in [0.717, 1.165) is 16.4 Å². The lowest BCUT2D eigenvalue weighted by Gasteiger charge is -2.30. The molecule has 4 nitrogen and oxygen atoms in total. The summed E-state index contributed by atoms with van der Waals surface area (Å²) in [6.07, 6.45) is 3.41. The maximum absolute atomic E-state index is 12.2. The van der Waals surface area contributed by atoms with Gasteiger partial charge in [0.2, 0.25) is 10.0 Å². The van der Waals surface area contributed by atoms with Crippen molar-refractivity contribution < 1.29 is 13.2 Å². The molecule has 1 aliphatic heterocycles. The number of carbonyl (C=O) groups is 1. The van der Waals surface area contributed by atoms with Crippen LogP contribution >= 0.6 is 22.6 Å². The summed E-state index contributed by atoms with van der Waals surface area (Å²) in [6, 6.07) is 7.50. The Hall–Kier alpha value is -0.470. The number of sulfonamides is 1. The van der Waals surface area contributed by atoms with Crippen LogP contribution in [0.25, 0.3) is 0 Å². The first kappa shape index (κ1) is 15.9. The average Bonchev–Trinajstić information content (AvgIpc) is 2.38. The lowest BCUT2D eigenvalue weighted by molar-refractivity contribution is 0.0942. The molecule has 0 saturated carbocycles. The molecule has 0 aliphatic carbocycles. The van der Waals surface area contributed by atoms with Crippen LogP contribution < -0.4 is 0 Å². The van der Waals surface area contributed by atoms with Gasteiger partial charge < -0.3 is 0 Å². The number of piperidine rings is 1. The molecule has 1 aromatic carbocycles. The van der Waals surface area contributed by atoms with E-state index in [1.165, 1.54) is 10.6 Å². The number of ketones is 1. The normalized spacial score (nSPS) is 20.8. The van der Waals surface area contributed by atoms with Crippen molar-refractivity contribution in [2.75, 3.05) is 19.3 Å². The molecule has 0 radical (unpaired) electrons. The Bertz CT molecular complexity index is 583. The number of hydrogen-bond acceptors (Lipinski definition) is 3. The van der Waals surface area contributed by atoms with Crippen molar-refractivity contribution in [1.29, 1.82) is 0 Å². The van der Waals surface area contributed by atoms with E-state index in [-0.39, 0.29) is 11.7 Å². The fourth-order valence-corrected chi connectivity index (χ4v) is 3.81. The number of benzene rings is 1. The van der Waals surface area contributed by atoms with Gasteiger partial charge in [-0.1, -0.05) is 12.1 Å². The van der Waals surface area contributed by atoms with Gasteiger partial charge in [0, 0.05) is 28.6 Å². The molecule has 110 valence electrons. The molecule has 6 heteroatoms. The molecule has 0 spiro atoms. The lowest BCUT2D eigenvalue weighted by Crippen LogP contribution is -2.39. The smallest absolute Gasteiger partial charge is 0.211 e. The van der Waals surface area contributed by atoms with Crippen LogP contribution in [0, 0.1) is 9.49 Å². The van der Waals surface area contributed by atoms with E-state index in [9.17, 15) is 13.2 Å². The Labute approximate surface area is 133 Å². The summed E-state index contributed by atoms with van der Waals surface area (Å²) in [5.74, 6) is 0.229. The van der Waals surface area contributed by atoms with Gasteiger partial charge in [-0.15, -0.1) is 0 Å². The second-order valence-electron chi connectivity index (χ2n) is 5.26. The molecule has 0 bridgehead atoms. The van der Waals surface area contributed by atoms with Crippen LogP contribution in [0.5, 0.6) is 0 Å². The van der Waals surface area contributed by atoms with E-state index < -0.39 is 10.0 Å². The van der Waals surface area contributed by atoms with Gasteiger partial charge in [-0.3, -0.25) is 4.79 Å². The van der Waals surface area contributed by atoms with Gasteiger partial charge in [-0.05, 0) is 53.5 Å². The van der Waals surface area contributed by atoms with Crippen molar-refractivity contribution in [1.82, 2.24) is 4.31 Å². The first-order valence-electron chi connectivity index (χ1n) is 6.60. The van der Waals surface area contributed by atoms with E-state index >= 15 is 0 Å². The van der Waals surface area contributed by atoms with Gasteiger partial charge in [0.1, 0.15) is 0 Å². The van der Waals surface area contributed by atoms with E-state index in [1.807, 2.05) is 24.3 Å². The predicted octanol–water partition coefficient (Wildman–Crippen LogP) is 2.54. The third-order valence-electron chi connectivity index (χ3n) is 3.59. The highest BCUT2D eigenvalue weighted by Gasteiger charge is 2.27. The minimum absolute atomic E-state index is 0.0988. The van der Waals surface area contributed by atoms with Gasteiger partial charge in [0.05, 0.1) is 6.26 Å². The van der Waals surface area contributed by atoms with E-state index in [4.69, 9.17) is 0 Å². The number of Topliss-reactive ketones (excluding diaryl/α,β-unsaturated/α-hetero) is 1. The fraction of sp³-hybridized carbons (Fsp3) is 0.500. The zero-order valence-corrected chi connectivity index (χ0v) is 14.4. The number of carbonyl (C=O) groups excluding carboxylic acids is 1. The van der Waals surface area contributed by atoms with Crippen LogP contribution in [-0.4, -0.2) is 37.9 Å². The molecule has 1 atom stereocenters. The summed E-state index contributed by atoms with van der Waals surface area (Å²) < 4.78 is 25.7. The second-order valence-corrected chi connectivity index (χ2v) is 8.49. The first-order valence-corrected chi connectivity index (χ1v) is 9.53. The largest absolute Gasteiger partial charge is 0.294 e. The minimum atomic E-state index is -3.14. The molecule has 1 unspecified atom stereocenters. The van der Waals surface area contributed by atoms with E-state index in [2.05, 4.69) is 22.6 Å². The standard InChI is InChI=1S/C14H18INO3S/c1-20(18,19)16-8-2-3-11(10-16)9-14(17)12-4-6-13(15)7-5-12/h4-7,11H,2-3,8-10H2,1H3. The van der Waals surface area contributed by atoms with Crippen LogP contribution in [0.3, 0.4) is 0 Å². The molecule has 0 aromatic heterocycles. The number of nitrogens with zero attached hydrogens (tertiary/aromatic N) is 1. The molecule has 0 N–H and O–H groups in total. The Morgan fingerprint density at radius 2 is 2.00 bits per heavy atom. The Balaban J connectivity index is 1.99. The van der Waals surface area contributed by atoms with Crippen LogP contribution in [0.4, 0.5) is 0 Å². The fourth-order valence-electron chi connectivity index (χ4n) is 2.51. The highest BCUT2D eigenvalue weighted by molar-refractivity contribution is 14.1. The van der Waals surface area contributed by atoms with Crippen LogP contribution in [0.2, 0.25) is 0 Å². The zero-order valence-electron chi connectivity index (χ0n) is 11.4. The molecular weight excluding hydrogens is 389 g/mol. The molecule has 1 aromatic rings. The molecule has 20 heavy (non-hydrogen) atoms. The molecule has 2 rings (SSSR count). The van der Waals surface area contributed by atoms with Gasteiger partial charge in [0.15, 0.2) is 5.78 Å². The topological polar surface area (TPSA) is 54.5 Å². The van der Waals surface area contributed by atoms with E-state index in [1.54, 1.807) is 0 Å². The molecule has 1 fully saturated rings. The maximum atomic E-state index is 12.2. The molecule has 1 aliphatic rings. The highest BCUT2D eigenvalue weighted by Crippen LogP contribution is 2.23. The minimum Gasteiger partial charge on any atom is -0.294 e. The van der Waals surface area contributed by atoms with E-state index in [0.29, 0.717) is 25.1 Å². The maximum Gasteiger partial charge on any atom is 0.211 e. The first-order chi connectivity index (χ1) is 9.36. The summed E-state index contributed by atoms with van der Waals surface area (Å²) in [7, 11) is -3.14. The predicted molar refractivity (Wildman–Crippen MR) is 87.2 cm³/mol. The van der Waals surface area contributed by atoms with Crippen molar-refractivity contribution in [3.63, 3.8) is 0 Å². The Kier molecular flexibility index (Phi) is 5.19. The van der Waals surface area contributed by atoms with Gasteiger partial charge in [-0.25, -0.2) is 12.7 Å². The Morgan fingerprint density at radius 1 is 1.35 bits per heavy atom. The van der Waals surface area contributed by atoms with Crippen molar-refractivity contribution in [2.45, 2.75) is 19.3 Å². The summed E-state index contributed by atoms with van der Waals surface area (Å²) >= 11 is 2.20. The van der Waals surface area contributed by atoms with Crippen molar-refractivity contribution >= 4 is 38.4 Å². The van der Waals surface area contributed by atoms with Crippen LogP contribution in [0.15, 0.2) is 24.3 Å². The van der Waals surface area contributed by atoms with Crippen molar-refractivity contribution in [3.05, 3.63) is 33.4 Å². The molecule has 0 amide bonds. The Morgan fingerprint density at radius 3 is 2.60 bits per heavy atom. The molecular formula is C14H18INO3S. The summed E-state index contributed by atoms with van der Waals surface area (Å²) in [4.78, 5) is 12.2. The SMILES string of the molecule is CS(=O)(=O)N1CCCC(CC(=O)c2ccc(I)cc2)C1. The zero-order chi connectivity index (χ0) is 14.8. The van der Waals surface area contributed by atoms with Crippen LogP contribution in [0.1, 0.15) is 29.6 Å². The number of rotatable bonds is 4. The number of hydrogen-bond donors (Lipinski definition) is 0. The van der Waals surface area contributed by atoms with Gasteiger partial charge in [0.25, 0.3) is 0 Å². The lowest BCUT2D eigenvalue weighted by atomic mass is 9.92. The monoisotopic (exact) mass is 407 g/mol. The third kappa shape index (κ3) is 4.26. The summed E-state index contributed by atoms with van der Waals surface area (Å²) in [6.45, 7) is 1.04. The molecule has 1 saturated heterocycles. The second kappa shape index (κ2) is 6.53. The quantitative estimate of drug-likeness (QED) is 0.570. The number of halogens is 1. The van der Waals surface area contributed by atoms with Crippen molar-refractivity contribution in [2.24, 2.45) is 5.92 Å². The molecule has 1 heterocycles. The van der Waals surface area contributed by atoms with Gasteiger partial charge in [-0.2, -0.15) is 0 Å². The van der Waals surface area contributed by atoms with Crippen molar-refractivity contribution in [3.8, 4) is 0 Å². The summed E-state index contributed by atoms with van der Waals surface area (Å²) in [5, 5.41) is 0. The highest BCUT2D eigenvalue weighted by atomic mass is 127.